The van der Waals surface area contributed by atoms with E-state index < -0.39 is 5.82 Å². The largest absolute Gasteiger partial charge is 0.454 e. The van der Waals surface area contributed by atoms with Gasteiger partial charge in [-0.05, 0) is 24.3 Å². The second-order valence-electron chi connectivity index (χ2n) is 3.38. The van der Waals surface area contributed by atoms with Gasteiger partial charge in [0.25, 0.3) is 0 Å². The first-order valence-electron chi connectivity index (χ1n) is 4.98. The molecule has 0 aliphatic heterocycles. The fourth-order valence-electron chi connectivity index (χ4n) is 1.41. The monoisotopic (exact) mass is 270 g/mol. The zero-order chi connectivity index (χ0) is 12.3. The highest BCUT2D eigenvalue weighted by Crippen LogP contribution is 2.32. The van der Waals surface area contributed by atoms with Gasteiger partial charge in [-0.1, -0.05) is 29.8 Å². The number of hydrogen-bond donors (Lipinski definition) is 0. The van der Waals surface area contributed by atoms with Crippen molar-refractivity contribution in [1.29, 1.82) is 0 Å². The zero-order valence-electron chi connectivity index (χ0n) is 8.79. The number of hydrogen-bond acceptors (Lipinski definition) is 1. The van der Waals surface area contributed by atoms with Gasteiger partial charge in [-0.25, -0.2) is 4.39 Å². The maximum Gasteiger partial charge on any atom is 0.165 e. The van der Waals surface area contributed by atoms with Crippen LogP contribution in [-0.4, -0.2) is 0 Å². The minimum Gasteiger partial charge on any atom is -0.454 e. The van der Waals surface area contributed by atoms with E-state index in [-0.39, 0.29) is 11.6 Å². The van der Waals surface area contributed by atoms with Crippen LogP contribution in [0.15, 0.2) is 42.5 Å². The van der Waals surface area contributed by atoms with E-state index >= 15 is 0 Å². The van der Waals surface area contributed by atoms with Gasteiger partial charge >= 0.3 is 0 Å². The molecule has 4 heteroatoms. The summed E-state index contributed by atoms with van der Waals surface area (Å²) in [4.78, 5) is 0. The van der Waals surface area contributed by atoms with Crippen molar-refractivity contribution in [3.63, 3.8) is 0 Å². The SMILES string of the molecule is Fc1ccccc1Oc1cccc(Cl)c1CCl. The number of rotatable bonds is 3. The van der Waals surface area contributed by atoms with Crippen molar-refractivity contribution in [1.82, 2.24) is 0 Å². The van der Waals surface area contributed by atoms with E-state index in [0.29, 0.717) is 16.3 Å². The average Bonchev–Trinajstić information content (AvgIpc) is 2.32. The summed E-state index contributed by atoms with van der Waals surface area (Å²) in [6.45, 7) is 0. The first-order chi connectivity index (χ1) is 8.22. The van der Waals surface area contributed by atoms with E-state index in [0.717, 1.165) is 0 Å². The number of benzene rings is 2. The maximum absolute atomic E-state index is 13.4. The summed E-state index contributed by atoms with van der Waals surface area (Å²) >= 11 is 11.8. The summed E-state index contributed by atoms with van der Waals surface area (Å²) in [5.74, 6) is 0.412. The van der Waals surface area contributed by atoms with Crippen LogP contribution in [0.1, 0.15) is 5.56 Å². The molecule has 0 fully saturated rings. The minimum absolute atomic E-state index is 0.154. The van der Waals surface area contributed by atoms with Gasteiger partial charge in [0.05, 0.1) is 5.88 Å². The number of alkyl halides is 1. The molecule has 2 rings (SSSR count). The first kappa shape index (κ1) is 12.2. The van der Waals surface area contributed by atoms with Crippen LogP contribution in [0, 0.1) is 5.82 Å². The van der Waals surface area contributed by atoms with Crippen LogP contribution in [0.3, 0.4) is 0 Å². The normalized spacial score (nSPS) is 10.3. The van der Waals surface area contributed by atoms with Crippen molar-refractivity contribution in [2.24, 2.45) is 0 Å². The third-order valence-corrected chi connectivity index (χ3v) is 2.89. The molecule has 0 amide bonds. The molecule has 0 atom stereocenters. The van der Waals surface area contributed by atoms with E-state index in [1.54, 1.807) is 36.4 Å². The first-order valence-corrected chi connectivity index (χ1v) is 5.89. The van der Waals surface area contributed by atoms with E-state index in [4.69, 9.17) is 27.9 Å². The highest BCUT2D eigenvalue weighted by molar-refractivity contribution is 6.32. The summed E-state index contributed by atoms with van der Waals surface area (Å²) < 4.78 is 18.9. The molecule has 0 unspecified atom stereocenters. The lowest BCUT2D eigenvalue weighted by atomic mass is 10.2. The summed E-state index contributed by atoms with van der Waals surface area (Å²) in [7, 11) is 0. The quantitative estimate of drug-likeness (QED) is 0.713. The molecule has 2 aromatic carbocycles. The van der Waals surface area contributed by atoms with Gasteiger partial charge in [0, 0.05) is 10.6 Å². The Balaban J connectivity index is 2.37. The van der Waals surface area contributed by atoms with Crippen molar-refractivity contribution in [3.05, 3.63) is 58.9 Å². The van der Waals surface area contributed by atoms with Gasteiger partial charge in [-0.3, -0.25) is 0 Å². The molecular formula is C13H9Cl2FO. The summed E-state index contributed by atoms with van der Waals surface area (Å²) in [5, 5.41) is 0.508. The van der Waals surface area contributed by atoms with Crippen molar-refractivity contribution >= 4 is 23.2 Å². The van der Waals surface area contributed by atoms with Gasteiger partial charge in [0.1, 0.15) is 5.75 Å². The molecule has 0 saturated heterocycles. The van der Waals surface area contributed by atoms with Gasteiger partial charge in [-0.15, -0.1) is 11.6 Å². The molecule has 1 nitrogen and oxygen atoms in total. The summed E-state index contributed by atoms with van der Waals surface area (Å²) in [6, 6.07) is 11.3. The molecule has 0 aliphatic carbocycles. The van der Waals surface area contributed by atoms with Crippen LogP contribution in [0.25, 0.3) is 0 Å². The van der Waals surface area contributed by atoms with Crippen LogP contribution >= 0.6 is 23.2 Å². The molecular weight excluding hydrogens is 262 g/mol. The molecule has 0 N–H and O–H groups in total. The second kappa shape index (κ2) is 5.39. The average molecular weight is 271 g/mol. The summed E-state index contributed by atoms with van der Waals surface area (Å²) in [6.07, 6.45) is 0. The predicted octanol–water partition coefficient (Wildman–Crippen LogP) is 5.01. The Kier molecular flexibility index (Phi) is 3.87. The third-order valence-electron chi connectivity index (χ3n) is 2.27. The number of halogens is 3. The van der Waals surface area contributed by atoms with Gasteiger partial charge < -0.3 is 4.74 Å². The zero-order valence-corrected chi connectivity index (χ0v) is 10.3. The lowest BCUT2D eigenvalue weighted by Crippen LogP contribution is -1.92. The van der Waals surface area contributed by atoms with Gasteiger partial charge in [0.15, 0.2) is 11.6 Å². The summed E-state index contributed by atoms with van der Waals surface area (Å²) in [5.41, 5.74) is 0.652. The van der Waals surface area contributed by atoms with E-state index in [9.17, 15) is 4.39 Å². The van der Waals surface area contributed by atoms with Crippen molar-refractivity contribution < 1.29 is 9.13 Å². The lowest BCUT2D eigenvalue weighted by Gasteiger charge is -2.11. The van der Waals surface area contributed by atoms with Crippen molar-refractivity contribution in [2.75, 3.05) is 0 Å². The lowest BCUT2D eigenvalue weighted by molar-refractivity contribution is 0.439. The third kappa shape index (κ3) is 2.71. The Morgan fingerprint density at radius 3 is 2.41 bits per heavy atom. The van der Waals surface area contributed by atoms with Crippen LogP contribution in [0.5, 0.6) is 11.5 Å². The molecule has 17 heavy (non-hydrogen) atoms. The molecule has 0 saturated carbocycles. The van der Waals surface area contributed by atoms with E-state index in [2.05, 4.69) is 0 Å². The molecule has 0 radical (unpaired) electrons. The van der Waals surface area contributed by atoms with E-state index in [1.807, 2.05) is 0 Å². The smallest absolute Gasteiger partial charge is 0.165 e. The minimum atomic E-state index is -0.423. The molecule has 0 aromatic heterocycles. The second-order valence-corrected chi connectivity index (χ2v) is 4.06. The highest BCUT2D eigenvalue weighted by atomic mass is 35.5. The molecule has 0 bridgehead atoms. The molecule has 0 heterocycles. The molecule has 88 valence electrons. The fourth-order valence-corrected chi connectivity index (χ4v) is 1.99. The Labute approximate surface area is 109 Å². The van der Waals surface area contributed by atoms with Crippen LogP contribution in [-0.2, 0) is 5.88 Å². The molecule has 2 aromatic rings. The maximum atomic E-state index is 13.4. The van der Waals surface area contributed by atoms with Crippen LogP contribution < -0.4 is 4.74 Å². The van der Waals surface area contributed by atoms with Crippen molar-refractivity contribution in [2.45, 2.75) is 5.88 Å². The molecule has 0 aliphatic rings. The van der Waals surface area contributed by atoms with Gasteiger partial charge in [-0.2, -0.15) is 0 Å². The Morgan fingerprint density at radius 2 is 1.71 bits per heavy atom. The Morgan fingerprint density at radius 1 is 1.00 bits per heavy atom. The topological polar surface area (TPSA) is 9.23 Å². The fraction of sp³-hybridized carbons (Fsp3) is 0.0769. The highest BCUT2D eigenvalue weighted by Gasteiger charge is 2.10. The number of para-hydroxylation sites is 1. The molecule has 0 spiro atoms. The Bertz CT molecular complexity index is 529. The Hall–Kier alpha value is -1.25. The van der Waals surface area contributed by atoms with Crippen LogP contribution in [0.2, 0.25) is 5.02 Å². The predicted molar refractivity (Wildman–Crippen MR) is 67.5 cm³/mol. The number of ether oxygens (including phenoxy) is 1. The van der Waals surface area contributed by atoms with Crippen molar-refractivity contribution in [3.8, 4) is 11.5 Å². The van der Waals surface area contributed by atoms with Crippen LogP contribution in [0.4, 0.5) is 4.39 Å². The van der Waals surface area contributed by atoms with E-state index in [1.165, 1.54) is 6.07 Å². The van der Waals surface area contributed by atoms with Gasteiger partial charge in [0.2, 0.25) is 0 Å². The standard InChI is InChI=1S/C13H9Cl2FO/c14-8-9-10(15)4-3-7-12(9)17-13-6-2-1-5-11(13)16/h1-7H,8H2.